The molecule has 0 atom stereocenters. The Morgan fingerprint density at radius 3 is 2.62 bits per heavy atom. The normalized spacial score (nSPS) is 10.7. The smallest absolute Gasteiger partial charge is 0.325 e. The lowest BCUT2D eigenvalue weighted by Crippen LogP contribution is -2.40. The summed E-state index contributed by atoms with van der Waals surface area (Å²) in [5.41, 5.74) is 2.73. The lowest BCUT2D eigenvalue weighted by atomic mass is 10.1. The molecule has 2 aromatic rings. The van der Waals surface area contributed by atoms with Gasteiger partial charge in [0.25, 0.3) is 0 Å². The van der Waals surface area contributed by atoms with Crippen LogP contribution in [-0.4, -0.2) is 30.4 Å². The van der Waals surface area contributed by atoms with Gasteiger partial charge in [0.05, 0.1) is 13.1 Å². The van der Waals surface area contributed by atoms with Gasteiger partial charge in [0.1, 0.15) is 5.76 Å². The van der Waals surface area contributed by atoms with Crippen molar-refractivity contribution in [1.82, 2.24) is 10.2 Å². The SMILES string of the molecule is Cc1cccc(NC(=O)NC(=O)CN(C)Cc2ccc(Br)o2)c1C. The molecule has 1 heterocycles. The summed E-state index contributed by atoms with van der Waals surface area (Å²) in [6.45, 7) is 4.43. The number of rotatable bonds is 5. The first-order valence-corrected chi connectivity index (χ1v) is 8.24. The van der Waals surface area contributed by atoms with Gasteiger partial charge in [-0.15, -0.1) is 0 Å². The van der Waals surface area contributed by atoms with Crippen molar-refractivity contribution in [2.45, 2.75) is 20.4 Å². The average molecular weight is 394 g/mol. The molecule has 0 saturated heterocycles. The number of carbonyl (C=O) groups is 2. The predicted molar refractivity (Wildman–Crippen MR) is 95.8 cm³/mol. The molecule has 0 saturated carbocycles. The van der Waals surface area contributed by atoms with Crippen molar-refractivity contribution in [3.05, 3.63) is 51.9 Å². The number of furan rings is 1. The van der Waals surface area contributed by atoms with Gasteiger partial charge < -0.3 is 9.73 Å². The van der Waals surface area contributed by atoms with Crippen molar-refractivity contribution >= 4 is 33.6 Å². The topological polar surface area (TPSA) is 74.6 Å². The molecule has 0 aliphatic rings. The van der Waals surface area contributed by atoms with Crippen LogP contribution in [-0.2, 0) is 11.3 Å². The maximum absolute atomic E-state index is 11.9. The zero-order valence-electron chi connectivity index (χ0n) is 13.9. The Bertz CT molecular complexity index is 742. The third kappa shape index (κ3) is 5.21. The van der Waals surface area contributed by atoms with E-state index in [4.69, 9.17) is 4.42 Å². The van der Waals surface area contributed by atoms with Gasteiger partial charge in [-0.25, -0.2) is 4.79 Å². The van der Waals surface area contributed by atoms with Crippen molar-refractivity contribution < 1.29 is 14.0 Å². The van der Waals surface area contributed by atoms with E-state index in [9.17, 15) is 9.59 Å². The number of likely N-dealkylation sites (N-methyl/N-ethyl adjacent to an activating group) is 1. The fraction of sp³-hybridized carbons (Fsp3) is 0.294. The number of urea groups is 1. The number of nitrogens with one attached hydrogen (secondary N) is 2. The first-order valence-electron chi connectivity index (χ1n) is 7.45. The minimum Gasteiger partial charge on any atom is -0.453 e. The van der Waals surface area contributed by atoms with E-state index in [1.54, 1.807) is 24.1 Å². The summed E-state index contributed by atoms with van der Waals surface area (Å²) in [7, 11) is 1.78. The predicted octanol–water partition coefficient (Wildman–Crippen LogP) is 3.44. The molecule has 2 rings (SSSR count). The second kappa shape index (κ2) is 8.12. The van der Waals surface area contributed by atoms with Crippen molar-refractivity contribution in [2.75, 3.05) is 18.9 Å². The number of hydrogen-bond acceptors (Lipinski definition) is 4. The number of aryl methyl sites for hydroxylation is 1. The Hall–Kier alpha value is -2.12. The molecular formula is C17H20BrN3O3. The molecule has 1 aromatic heterocycles. The highest BCUT2D eigenvalue weighted by Gasteiger charge is 2.13. The van der Waals surface area contributed by atoms with E-state index >= 15 is 0 Å². The Kier molecular flexibility index (Phi) is 6.16. The number of nitrogens with zero attached hydrogens (tertiary/aromatic N) is 1. The lowest BCUT2D eigenvalue weighted by Gasteiger charge is -2.15. The Morgan fingerprint density at radius 2 is 1.96 bits per heavy atom. The standard InChI is InChI=1S/C17H20BrN3O3/c1-11-5-4-6-14(12(11)2)19-17(23)20-16(22)10-21(3)9-13-7-8-15(18)24-13/h4-8H,9-10H2,1-3H3,(H2,19,20,22,23). The molecule has 0 bridgehead atoms. The van der Waals surface area contributed by atoms with Crippen molar-refractivity contribution in [3.8, 4) is 0 Å². The molecule has 2 N–H and O–H groups in total. The van der Waals surface area contributed by atoms with Gasteiger partial charge in [0, 0.05) is 5.69 Å². The van der Waals surface area contributed by atoms with Crippen LogP contribution in [0, 0.1) is 13.8 Å². The van der Waals surface area contributed by atoms with E-state index in [2.05, 4.69) is 26.6 Å². The fourth-order valence-electron chi connectivity index (χ4n) is 2.21. The molecule has 0 spiro atoms. The lowest BCUT2D eigenvalue weighted by molar-refractivity contribution is -0.120. The van der Waals surface area contributed by atoms with Crippen molar-refractivity contribution in [1.29, 1.82) is 0 Å². The molecule has 0 aliphatic carbocycles. The largest absolute Gasteiger partial charge is 0.453 e. The number of halogens is 1. The average Bonchev–Trinajstić information content (AvgIpc) is 2.88. The molecule has 24 heavy (non-hydrogen) atoms. The third-order valence-corrected chi connectivity index (χ3v) is 4.00. The van der Waals surface area contributed by atoms with Gasteiger partial charge in [-0.2, -0.15) is 0 Å². The van der Waals surface area contributed by atoms with Crippen LogP contribution in [0.25, 0.3) is 0 Å². The van der Waals surface area contributed by atoms with Crippen LogP contribution >= 0.6 is 15.9 Å². The van der Waals surface area contributed by atoms with E-state index in [0.717, 1.165) is 16.9 Å². The second-order valence-electron chi connectivity index (χ2n) is 5.63. The highest BCUT2D eigenvalue weighted by atomic mass is 79.9. The summed E-state index contributed by atoms with van der Waals surface area (Å²) in [4.78, 5) is 25.6. The van der Waals surface area contributed by atoms with Gasteiger partial charge in [0.2, 0.25) is 5.91 Å². The molecule has 1 aromatic carbocycles. The van der Waals surface area contributed by atoms with E-state index in [1.165, 1.54) is 0 Å². The molecule has 0 aliphatic heterocycles. The molecule has 7 heteroatoms. The van der Waals surface area contributed by atoms with E-state index in [0.29, 0.717) is 16.9 Å². The first-order chi connectivity index (χ1) is 11.3. The van der Waals surface area contributed by atoms with Gasteiger partial charge in [0.15, 0.2) is 4.67 Å². The molecule has 128 valence electrons. The highest BCUT2D eigenvalue weighted by molar-refractivity contribution is 9.10. The van der Waals surface area contributed by atoms with Gasteiger partial charge in [-0.05, 0) is 66.2 Å². The summed E-state index contributed by atoms with van der Waals surface area (Å²) in [5, 5.41) is 5.02. The number of carbonyl (C=O) groups excluding carboxylic acids is 2. The monoisotopic (exact) mass is 393 g/mol. The molecule has 0 fully saturated rings. The molecular weight excluding hydrogens is 374 g/mol. The highest BCUT2D eigenvalue weighted by Crippen LogP contribution is 2.17. The zero-order chi connectivity index (χ0) is 17.7. The van der Waals surface area contributed by atoms with Crippen LogP contribution in [0.5, 0.6) is 0 Å². The quantitative estimate of drug-likeness (QED) is 0.815. The summed E-state index contributed by atoms with van der Waals surface area (Å²) in [6.07, 6.45) is 0. The number of hydrogen-bond donors (Lipinski definition) is 2. The Morgan fingerprint density at radius 1 is 1.21 bits per heavy atom. The van der Waals surface area contributed by atoms with Gasteiger partial charge >= 0.3 is 6.03 Å². The number of anilines is 1. The third-order valence-electron chi connectivity index (χ3n) is 3.57. The van der Waals surface area contributed by atoms with Gasteiger partial charge in [-0.1, -0.05) is 12.1 Å². The summed E-state index contributed by atoms with van der Waals surface area (Å²) in [6, 6.07) is 8.70. The Balaban J connectivity index is 1.83. The summed E-state index contributed by atoms with van der Waals surface area (Å²) >= 11 is 3.23. The maximum atomic E-state index is 11.9. The van der Waals surface area contributed by atoms with E-state index in [1.807, 2.05) is 32.0 Å². The Labute approximate surface area is 149 Å². The maximum Gasteiger partial charge on any atom is 0.325 e. The van der Waals surface area contributed by atoms with Crippen molar-refractivity contribution in [3.63, 3.8) is 0 Å². The van der Waals surface area contributed by atoms with Crippen LogP contribution in [0.2, 0.25) is 0 Å². The summed E-state index contributed by atoms with van der Waals surface area (Å²) in [5.74, 6) is 0.350. The van der Waals surface area contributed by atoms with Crippen molar-refractivity contribution in [2.24, 2.45) is 0 Å². The van der Waals surface area contributed by atoms with Crippen LogP contribution in [0.15, 0.2) is 39.4 Å². The van der Waals surface area contributed by atoms with Crippen LogP contribution in [0.3, 0.4) is 0 Å². The van der Waals surface area contributed by atoms with Crippen LogP contribution in [0.4, 0.5) is 10.5 Å². The molecule has 0 radical (unpaired) electrons. The number of benzene rings is 1. The summed E-state index contributed by atoms with van der Waals surface area (Å²) < 4.78 is 6.03. The molecule has 6 nitrogen and oxygen atoms in total. The first kappa shape index (κ1) is 18.2. The van der Waals surface area contributed by atoms with Gasteiger partial charge in [-0.3, -0.25) is 15.0 Å². The molecule has 3 amide bonds. The van der Waals surface area contributed by atoms with E-state index < -0.39 is 6.03 Å². The zero-order valence-corrected chi connectivity index (χ0v) is 15.4. The molecule has 0 unspecified atom stereocenters. The van der Waals surface area contributed by atoms with E-state index in [-0.39, 0.29) is 12.5 Å². The number of imide groups is 1. The second-order valence-corrected chi connectivity index (χ2v) is 6.41. The fourth-order valence-corrected chi connectivity index (χ4v) is 2.55. The minimum atomic E-state index is -0.539. The van der Waals surface area contributed by atoms with Crippen LogP contribution < -0.4 is 10.6 Å². The van der Waals surface area contributed by atoms with Crippen LogP contribution in [0.1, 0.15) is 16.9 Å². The minimum absolute atomic E-state index is 0.0819. The number of amides is 3.